The lowest BCUT2D eigenvalue weighted by Crippen LogP contribution is -2.38. The lowest BCUT2D eigenvalue weighted by Gasteiger charge is -2.27. The second kappa shape index (κ2) is 6.87. The number of aromatic nitrogens is 1. The van der Waals surface area contributed by atoms with Gasteiger partial charge in [-0.1, -0.05) is 6.92 Å². The number of halogens is 2. The third-order valence-corrected chi connectivity index (χ3v) is 4.26. The van der Waals surface area contributed by atoms with Gasteiger partial charge in [0.15, 0.2) is 0 Å². The molecule has 1 aliphatic heterocycles. The molecule has 0 aliphatic carbocycles. The lowest BCUT2D eigenvalue weighted by molar-refractivity contribution is 0.568. The van der Waals surface area contributed by atoms with Crippen LogP contribution in [0.25, 0.3) is 0 Å². The van der Waals surface area contributed by atoms with Gasteiger partial charge in [-0.3, -0.25) is 0 Å². The van der Waals surface area contributed by atoms with Crippen LogP contribution in [0.5, 0.6) is 0 Å². The zero-order valence-corrected chi connectivity index (χ0v) is 13.8. The normalized spacial score (nSPS) is 19.5. The maximum atomic E-state index is 4.54. The minimum Gasteiger partial charge on any atom is -0.351 e. The zero-order chi connectivity index (χ0) is 13.0. The average Bonchev–Trinajstić information content (AvgIpc) is 2.78. The largest absolute Gasteiger partial charge is 0.351 e. The van der Waals surface area contributed by atoms with Gasteiger partial charge in [0.05, 0.1) is 4.47 Å². The Morgan fingerprint density at radius 3 is 3.06 bits per heavy atom. The first kappa shape index (κ1) is 14.3. The van der Waals surface area contributed by atoms with Crippen LogP contribution in [0.1, 0.15) is 26.2 Å². The quantitative estimate of drug-likeness (QED) is 0.796. The van der Waals surface area contributed by atoms with Crippen molar-refractivity contribution in [1.82, 2.24) is 10.3 Å². The van der Waals surface area contributed by atoms with E-state index in [4.69, 9.17) is 0 Å². The Labute approximate surface area is 126 Å². The molecule has 3 nitrogen and oxygen atoms in total. The predicted molar refractivity (Wildman–Crippen MR) is 83.2 cm³/mol. The van der Waals surface area contributed by atoms with Crippen molar-refractivity contribution in [1.29, 1.82) is 0 Å². The molecule has 1 aromatic rings. The van der Waals surface area contributed by atoms with E-state index in [1.807, 2.05) is 6.20 Å². The van der Waals surface area contributed by atoms with Gasteiger partial charge in [0, 0.05) is 29.8 Å². The molecule has 1 aromatic heterocycles. The van der Waals surface area contributed by atoms with Crippen LogP contribution in [-0.2, 0) is 0 Å². The number of nitrogens with one attached hydrogen (secondary N) is 1. The van der Waals surface area contributed by atoms with Crippen LogP contribution in [0.2, 0.25) is 0 Å². The van der Waals surface area contributed by atoms with Crippen LogP contribution in [0.3, 0.4) is 0 Å². The van der Waals surface area contributed by atoms with Gasteiger partial charge in [0.2, 0.25) is 0 Å². The van der Waals surface area contributed by atoms with E-state index in [0.29, 0.717) is 6.04 Å². The Hall–Kier alpha value is -0.130. The highest BCUT2D eigenvalue weighted by molar-refractivity contribution is 9.11. The van der Waals surface area contributed by atoms with E-state index in [0.717, 1.165) is 34.4 Å². The number of rotatable bonds is 5. The van der Waals surface area contributed by atoms with Gasteiger partial charge >= 0.3 is 0 Å². The van der Waals surface area contributed by atoms with Crippen LogP contribution >= 0.6 is 31.9 Å². The second-order valence-electron chi connectivity index (χ2n) is 4.65. The first-order valence-electron chi connectivity index (χ1n) is 6.50. The minimum atomic E-state index is 0.571. The van der Waals surface area contributed by atoms with Gasteiger partial charge in [-0.15, -0.1) is 0 Å². The molecule has 1 saturated heterocycles. The summed E-state index contributed by atoms with van der Waals surface area (Å²) in [4.78, 5) is 6.96. The maximum absolute atomic E-state index is 4.54. The highest BCUT2D eigenvalue weighted by Crippen LogP contribution is 2.31. The zero-order valence-electron chi connectivity index (χ0n) is 10.6. The molecule has 1 unspecified atom stereocenters. The number of hydrogen-bond donors (Lipinski definition) is 1. The molecular formula is C13H19Br2N3. The van der Waals surface area contributed by atoms with E-state index in [2.05, 4.69) is 60.1 Å². The topological polar surface area (TPSA) is 28.2 Å². The molecule has 100 valence electrons. The van der Waals surface area contributed by atoms with E-state index in [1.54, 1.807) is 0 Å². The molecular weight excluding hydrogens is 358 g/mol. The van der Waals surface area contributed by atoms with E-state index < -0.39 is 0 Å². The summed E-state index contributed by atoms with van der Waals surface area (Å²) >= 11 is 7.06. The number of hydrogen-bond acceptors (Lipinski definition) is 3. The van der Waals surface area contributed by atoms with Crippen molar-refractivity contribution in [3.05, 3.63) is 21.2 Å². The highest BCUT2D eigenvalue weighted by Gasteiger charge is 2.26. The SMILES string of the molecule is CCCNCC1CCCN1c1ncc(Br)cc1Br. The Morgan fingerprint density at radius 1 is 1.50 bits per heavy atom. The van der Waals surface area contributed by atoms with Crippen molar-refractivity contribution in [2.75, 3.05) is 24.5 Å². The molecule has 0 bridgehead atoms. The van der Waals surface area contributed by atoms with Crippen LogP contribution in [-0.4, -0.2) is 30.7 Å². The molecule has 0 saturated carbocycles. The lowest BCUT2D eigenvalue weighted by atomic mass is 10.2. The minimum absolute atomic E-state index is 0.571. The van der Waals surface area contributed by atoms with Crippen LogP contribution < -0.4 is 10.2 Å². The molecule has 1 fully saturated rings. The summed E-state index contributed by atoms with van der Waals surface area (Å²) in [5.74, 6) is 1.07. The predicted octanol–water partition coefficient (Wildman–Crippen LogP) is 3.58. The standard InChI is InChI=1S/C13H19Br2N3/c1-2-5-16-9-11-4-3-6-18(11)13-12(15)7-10(14)8-17-13/h7-8,11,16H,2-6,9H2,1H3. The summed E-state index contributed by atoms with van der Waals surface area (Å²) in [5, 5.41) is 3.51. The van der Waals surface area contributed by atoms with Crippen molar-refractivity contribution in [3.8, 4) is 0 Å². The fourth-order valence-corrected chi connectivity index (χ4v) is 3.61. The molecule has 18 heavy (non-hydrogen) atoms. The molecule has 0 amide bonds. The van der Waals surface area contributed by atoms with Crippen molar-refractivity contribution in [2.45, 2.75) is 32.2 Å². The smallest absolute Gasteiger partial charge is 0.143 e. The summed E-state index contributed by atoms with van der Waals surface area (Å²) in [6.45, 7) is 5.45. The first-order valence-corrected chi connectivity index (χ1v) is 8.09. The number of pyridine rings is 1. The van der Waals surface area contributed by atoms with Crippen molar-refractivity contribution in [2.24, 2.45) is 0 Å². The maximum Gasteiger partial charge on any atom is 0.143 e. The fourth-order valence-electron chi connectivity index (χ4n) is 2.39. The molecule has 0 radical (unpaired) electrons. The van der Waals surface area contributed by atoms with E-state index in [9.17, 15) is 0 Å². The van der Waals surface area contributed by atoms with Crippen LogP contribution in [0, 0.1) is 0 Å². The Bertz CT molecular complexity index is 398. The molecule has 5 heteroatoms. The molecule has 1 aliphatic rings. The Balaban J connectivity index is 2.06. The van der Waals surface area contributed by atoms with Gasteiger partial charge in [0.1, 0.15) is 5.82 Å². The van der Waals surface area contributed by atoms with Gasteiger partial charge in [-0.05, 0) is 63.7 Å². The fraction of sp³-hybridized carbons (Fsp3) is 0.615. The van der Waals surface area contributed by atoms with Gasteiger partial charge in [-0.2, -0.15) is 0 Å². The first-order chi connectivity index (χ1) is 8.72. The molecule has 2 heterocycles. The van der Waals surface area contributed by atoms with Gasteiger partial charge in [-0.25, -0.2) is 4.98 Å². The van der Waals surface area contributed by atoms with Crippen molar-refractivity contribution in [3.63, 3.8) is 0 Å². The van der Waals surface area contributed by atoms with E-state index in [-0.39, 0.29) is 0 Å². The second-order valence-corrected chi connectivity index (χ2v) is 6.42. The summed E-state index contributed by atoms with van der Waals surface area (Å²) in [7, 11) is 0. The molecule has 1 N–H and O–H groups in total. The molecule has 2 rings (SSSR count). The van der Waals surface area contributed by atoms with E-state index in [1.165, 1.54) is 19.3 Å². The average molecular weight is 377 g/mol. The highest BCUT2D eigenvalue weighted by atomic mass is 79.9. The molecule has 0 aromatic carbocycles. The summed E-state index contributed by atoms with van der Waals surface area (Å²) < 4.78 is 2.08. The van der Waals surface area contributed by atoms with Crippen molar-refractivity contribution < 1.29 is 0 Å². The summed E-state index contributed by atoms with van der Waals surface area (Å²) in [6.07, 6.45) is 5.56. The van der Waals surface area contributed by atoms with Gasteiger partial charge < -0.3 is 10.2 Å². The van der Waals surface area contributed by atoms with E-state index >= 15 is 0 Å². The van der Waals surface area contributed by atoms with Crippen LogP contribution in [0.15, 0.2) is 21.2 Å². The Morgan fingerprint density at radius 2 is 2.33 bits per heavy atom. The summed E-state index contributed by atoms with van der Waals surface area (Å²) in [5.41, 5.74) is 0. The molecule has 1 atom stereocenters. The van der Waals surface area contributed by atoms with Crippen LogP contribution in [0.4, 0.5) is 5.82 Å². The summed E-state index contributed by atoms with van der Waals surface area (Å²) in [6, 6.07) is 2.64. The monoisotopic (exact) mass is 375 g/mol. The Kier molecular flexibility index (Phi) is 5.45. The third-order valence-electron chi connectivity index (χ3n) is 3.24. The third kappa shape index (κ3) is 3.45. The number of anilines is 1. The molecule has 0 spiro atoms. The van der Waals surface area contributed by atoms with Crippen molar-refractivity contribution >= 4 is 37.7 Å². The van der Waals surface area contributed by atoms with Gasteiger partial charge in [0.25, 0.3) is 0 Å². The number of nitrogens with zero attached hydrogens (tertiary/aromatic N) is 2.